The number of rotatable bonds is 6. The van der Waals surface area contributed by atoms with Gasteiger partial charge in [0.1, 0.15) is 18.8 Å². The van der Waals surface area contributed by atoms with Crippen LogP contribution in [0.4, 0.5) is 4.79 Å². The first-order chi connectivity index (χ1) is 14.5. The number of alkyl carbamates (subject to hydrolysis) is 1. The standard InChI is InChI=1S/C25H25NO4/c1-16-7-6-8-17(13-16)24(28)23(27)14-26-25(29)30-15-22-20-11-4-2-9-18(20)19-10-3-5-12-21(19)22/h2-13,22-24,27-28H,14-15H2,1H3,(H,26,29). The van der Waals surface area contributed by atoms with Crippen molar-refractivity contribution in [1.29, 1.82) is 0 Å². The van der Waals surface area contributed by atoms with Crippen molar-refractivity contribution in [2.75, 3.05) is 13.2 Å². The van der Waals surface area contributed by atoms with E-state index in [9.17, 15) is 15.0 Å². The van der Waals surface area contributed by atoms with Crippen LogP contribution in [0.2, 0.25) is 0 Å². The van der Waals surface area contributed by atoms with Gasteiger partial charge in [-0.3, -0.25) is 0 Å². The summed E-state index contributed by atoms with van der Waals surface area (Å²) in [7, 11) is 0. The highest BCUT2D eigenvalue weighted by molar-refractivity contribution is 5.79. The van der Waals surface area contributed by atoms with E-state index >= 15 is 0 Å². The molecule has 5 heteroatoms. The summed E-state index contributed by atoms with van der Waals surface area (Å²) in [6.07, 6.45) is -2.83. The lowest BCUT2D eigenvalue weighted by molar-refractivity contribution is 0.0185. The van der Waals surface area contributed by atoms with Gasteiger partial charge in [0.15, 0.2) is 0 Å². The highest BCUT2D eigenvalue weighted by Crippen LogP contribution is 2.44. The van der Waals surface area contributed by atoms with Crippen molar-refractivity contribution in [3.8, 4) is 11.1 Å². The number of aliphatic hydroxyl groups excluding tert-OH is 2. The van der Waals surface area contributed by atoms with E-state index in [0.717, 1.165) is 16.7 Å². The molecule has 3 aromatic rings. The molecule has 1 aliphatic carbocycles. The van der Waals surface area contributed by atoms with Gasteiger partial charge < -0.3 is 20.3 Å². The molecule has 154 valence electrons. The van der Waals surface area contributed by atoms with Gasteiger partial charge in [0, 0.05) is 12.5 Å². The quantitative estimate of drug-likeness (QED) is 0.583. The third-order valence-corrected chi connectivity index (χ3v) is 5.55. The molecule has 0 radical (unpaired) electrons. The minimum Gasteiger partial charge on any atom is -0.449 e. The number of fused-ring (bicyclic) bond motifs is 3. The van der Waals surface area contributed by atoms with Gasteiger partial charge in [0.25, 0.3) is 0 Å². The van der Waals surface area contributed by atoms with Gasteiger partial charge in [-0.05, 0) is 34.7 Å². The molecule has 0 aliphatic heterocycles. The van der Waals surface area contributed by atoms with Gasteiger partial charge in [-0.25, -0.2) is 4.79 Å². The Morgan fingerprint density at radius 3 is 2.23 bits per heavy atom. The van der Waals surface area contributed by atoms with Crippen molar-refractivity contribution in [3.63, 3.8) is 0 Å². The van der Waals surface area contributed by atoms with Crippen molar-refractivity contribution < 1.29 is 19.7 Å². The number of aliphatic hydroxyl groups is 2. The lowest BCUT2D eigenvalue weighted by Gasteiger charge is -2.19. The van der Waals surface area contributed by atoms with Crippen LogP contribution in [0.1, 0.15) is 34.3 Å². The van der Waals surface area contributed by atoms with Crippen LogP contribution >= 0.6 is 0 Å². The number of carbonyl (C=O) groups excluding carboxylic acids is 1. The smallest absolute Gasteiger partial charge is 0.407 e. The average molecular weight is 403 g/mol. The fourth-order valence-corrected chi connectivity index (χ4v) is 4.03. The molecule has 0 bridgehead atoms. The molecule has 2 unspecified atom stereocenters. The number of ether oxygens (including phenoxy) is 1. The van der Waals surface area contributed by atoms with Crippen LogP contribution in [0.25, 0.3) is 11.1 Å². The second-order valence-corrected chi connectivity index (χ2v) is 7.63. The van der Waals surface area contributed by atoms with E-state index in [1.807, 2.05) is 43.3 Å². The van der Waals surface area contributed by atoms with E-state index in [-0.39, 0.29) is 19.1 Å². The van der Waals surface area contributed by atoms with Crippen molar-refractivity contribution in [2.45, 2.75) is 25.0 Å². The molecule has 0 fully saturated rings. The minimum atomic E-state index is -1.13. The maximum absolute atomic E-state index is 12.2. The minimum absolute atomic E-state index is 0.0223. The highest BCUT2D eigenvalue weighted by atomic mass is 16.5. The Morgan fingerprint density at radius 2 is 1.60 bits per heavy atom. The molecule has 2 atom stereocenters. The number of carbonyl (C=O) groups is 1. The van der Waals surface area contributed by atoms with Crippen molar-refractivity contribution >= 4 is 6.09 Å². The third-order valence-electron chi connectivity index (χ3n) is 5.55. The summed E-state index contributed by atoms with van der Waals surface area (Å²) in [4.78, 5) is 12.2. The van der Waals surface area contributed by atoms with Crippen molar-refractivity contribution in [1.82, 2.24) is 5.32 Å². The largest absolute Gasteiger partial charge is 0.449 e. The molecule has 5 nitrogen and oxygen atoms in total. The molecule has 1 aliphatic rings. The van der Waals surface area contributed by atoms with Gasteiger partial charge >= 0.3 is 6.09 Å². The van der Waals surface area contributed by atoms with Crippen LogP contribution < -0.4 is 5.32 Å². The number of nitrogens with one attached hydrogen (secondary N) is 1. The molecule has 3 N–H and O–H groups in total. The van der Waals surface area contributed by atoms with Crippen molar-refractivity contribution in [2.24, 2.45) is 0 Å². The monoisotopic (exact) mass is 403 g/mol. The van der Waals surface area contributed by atoms with Crippen LogP contribution in [0.15, 0.2) is 72.8 Å². The molecule has 0 aromatic heterocycles. The van der Waals surface area contributed by atoms with Crippen LogP contribution in [-0.2, 0) is 4.74 Å². The van der Waals surface area contributed by atoms with E-state index in [4.69, 9.17) is 4.74 Å². The normalized spacial score (nSPS) is 14.5. The Bertz CT molecular complexity index is 1000. The van der Waals surface area contributed by atoms with Crippen LogP contribution in [0.3, 0.4) is 0 Å². The zero-order valence-corrected chi connectivity index (χ0v) is 16.8. The maximum Gasteiger partial charge on any atom is 0.407 e. The van der Waals surface area contributed by atoms with Gasteiger partial charge in [-0.2, -0.15) is 0 Å². The fraction of sp³-hybridized carbons (Fsp3) is 0.240. The summed E-state index contributed by atoms with van der Waals surface area (Å²) in [6.45, 7) is 2.01. The second-order valence-electron chi connectivity index (χ2n) is 7.63. The summed E-state index contributed by atoms with van der Waals surface area (Å²) < 4.78 is 5.45. The average Bonchev–Trinajstić information content (AvgIpc) is 3.09. The van der Waals surface area contributed by atoms with Crippen LogP contribution in [-0.4, -0.2) is 35.6 Å². The summed E-state index contributed by atoms with van der Waals surface area (Å²) in [5.41, 5.74) is 6.21. The predicted molar refractivity (Wildman–Crippen MR) is 115 cm³/mol. The molecule has 1 amide bonds. The Balaban J connectivity index is 1.34. The topological polar surface area (TPSA) is 78.8 Å². The second kappa shape index (κ2) is 8.69. The Morgan fingerprint density at radius 1 is 0.967 bits per heavy atom. The molecule has 0 heterocycles. The Labute approximate surface area is 176 Å². The number of hydrogen-bond donors (Lipinski definition) is 3. The molecule has 30 heavy (non-hydrogen) atoms. The first kappa shape index (κ1) is 20.1. The molecule has 0 saturated carbocycles. The lowest BCUT2D eigenvalue weighted by Crippen LogP contribution is -2.36. The van der Waals surface area contributed by atoms with Crippen molar-refractivity contribution in [3.05, 3.63) is 95.1 Å². The molecule has 4 rings (SSSR count). The number of hydrogen-bond acceptors (Lipinski definition) is 4. The summed E-state index contributed by atoms with van der Waals surface area (Å²) in [5, 5.41) is 23.1. The first-order valence-corrected chi connectivity index (χ1v) is 10.1. The zero-order valence-electron chi connectivity index (χ0n) is 16.8. The lowest BCUT2D eigenvalue weighted by atomic mass is 9.98. The van der Waals surface area contributed by atoms with E-state index in [2.05, 4.69) is 29.6 Å². The number of aryl methyl sites for hydroxylation is 1. The summed E-state index contributed by atoms with van der Waals surface area (Å²) in [6, 6.07) is 23.5. The first-order valence-electron chi connectivity index (χ1n) is 10.1. The number of benzene rings is 3. The van der Waals surface area contributed by atoms with E-state index < -0.39 is 18.3 Å². The van der Waals surface area contributed by atoms with Gasteiger partial charge in [-0.1, -0.05) is 78.4 Å². The highest BCUT2D eigenvalue weighted by Gasteiger charge is 2.29. The van der Waals surface area contributed by atoms with E-state index in [1.165, 1.54) is 11.1 Å². The van der Waals surface area contributed by atoms with Gasteiger partial charge in [0.2, 0.25) is 0 Å². The Hall–Kier alpha value is -3.15. The van der Waals surface area contributed by atoms with E-state index in [1.54, 1.807) is 12.1 Å². The summed E-state index contributed by atoms with van der Waals surface area (Å²) >= 11 is 0. The fourth-order valence-electron chi connectivity index (χ4n) is 4.03. The SMILES string of the molecule is Cc1cccc(C(O)C(O)CNC(=O)OCC2c3ccccc3-c3ccccc32)c1. The molecular formula is C25H25NO4. The molecule has 0 saturated heterocycles. The van der Waals surface area contributed by atoms with E-state index in [0.29, 0.717) is 5.56 Å². The Kier molecular flexibility index (Phi) is 5.84. The number of amides is 1. The zero-order chi connectivity index (χ0) is 21.1. The van der Waals surface area contributed by atoms with Crippen LogP contribution in [0.5, 0.6) is 0 Å². The summed E-state index contributed by atoms with van der Waals surface area (Å²) in [5.74, 6) is -0.0223. The molecule has 0 spiro atoms. The van der Waals surface area contributed by atoms with Crippen LogP contribution in [0, 0.1) is 6.92 Å². The van der Waals surface area contributed by atoms with Gasteiger partial charge in [-0.15, -0.1) is 0 Å². The third kappa shape index (κ3) is 4.08. The van der Waals surface area contributed by atoms with Gasteiger partial charge in [0.05, 0.1) is 0 Å². The predicted octanol–water partition coefficient (Wildman–Crippen LogP) is 3.93. The molecular weight excluding hydrogens is 378 g/mol. The molecule has 3 aromatic carbocycles. The maximum atomic E-state index is 12.2.